The number of ether oxygens (including phenoxy) is 1. The first-order valence-corrected chi connectivity index (χ1v) is 5.80. The highest BCUT2D eigenvalue weighted by atomic mass is 16.5. The molecule has 1 amide bonds. The number of hydrogen-bond acceptors (Lipinski definition) is 3. The van der Waals surface area contributed by atoms with Crippen LogP contribution in [-0.4, -0.2) is 41.7 Å². The number of aliphatic hydroxyl groups is 1. The van der Waals surface area contributed by atoms with E-state index < -0.39 is 0 Å². The van der Waals surface area contributed by atoms with Crippen molar-refractivity contribution in [2.24, 2.45) is 0 Å². The van der Waals surface area contributed by atoms with Crippen LogP contribution in [0.5, 0.6) is 5.75 Å². The number of nitrogens with zero attached hydrogens (tertiary/aromatic N) is 1. The SMILES string of the molecule is Cc1cccc(OCC(=O)N2CCC(O)C2)c1. The Hall–Kier alpha value is -1.55. The van der Waals surface area contributed by atoms with Crippen molar-refractivity contribution in [3.8, 4) is 5.75 Å². The zero-order chi connectivity index (χ0) is 12.3. The van der Waals surface area contributed by atoms with Crippen molar-refractivity contribution in [1.82, 2.24) is 4.90 Å². The molecule has 0 aromatic heterocycles. The summed E-state index contributed by atoms with van der Waals surface area (Å²) in [5, 5.41) is 9.34. The molecule has 92 valence electrons. The first-order valence-electron chi connectivity index (χ1n) is 5.80. The molecule has 4 heteroatoms. The van der Waals surface area contributed by atoms with Gasteiger partial charge in [0.2, 0.25) is 0 Å². The third-order valence-corrected chi connectivity index (χ3v) is 2.87. The molecule has 1 N–H and O–H groups in total. The van der Waals surface area contributed by atoms with Gasteiger partial charge in [-0.3, -0.25) is 4.79 Å². The van der Waals surface area contributed by atoms with Crippen LogP contribution in [0.15, 0.2) is 24.3 Å². The van der Waals surface area contributed by atoms with E-state index in [1.54, 1.807) is 4.90 Å². The molecular formula is C13H17NO3. The number of amides is 1. The summed E-state index contributed by atoms with van der Waals surface area (Å²) in [5.41, 5.74) is 1.10. The molecule has 17 heavy (non-hydrogen) atoms. The summed E-state index contributed by atoms with van der Waals surface area (Å²) in [5.74, 6) is 0.640. The lowest BCUT2D eigenvalue weighted by Crippen LogP contribution is -2.33. The van der Waals surface area contributed by atoms with Gasteiger partial charge in [-0.15, -0.1) is 0 Å². The van der Waals surface area contributed by atoms with Gasteiger partial charge in [0.25, 0.3) is 5.91 Å². The third kappa shape index (κ3) is 3.20. The number of hydrogen-bond donors (Lipinski definition) is 1. The van der Waals surface area contributed by atoms with Crippen LogP contribution >= 0.6 is 0 Å². The van der Waals surface area contributed by atoms with Crippen molar-refractivity contribution in [2.45, 2.75) is 19.4 Å². The van der Waals surface area contributed by atoms with Crippen LogP contribution in [0.25, 0.3) is 0 Å². The maximum Gasteiger partial charge on any atom is 0.260 e. The van der Waals surface area contributed by atoms with Crippen molar-refractivity contribution in [1.29, 1.82) is 0 Å². The molecule has 0 radical (unpaired) electrons. The molecule has 2 rings (SSSR count). The second kappa shape index (κ2) is 5.19. The molecule has 4 nitrogen and oxygen atoms in total. The minimum absolute atomic E-state index is 0.0379. The number of likely N-dealkylation sites (tertiary alicyclic amines) is 1. The highest BCUT2D eigenvalue weighted by Gasteiger charge is 2.24. The molecule has 1 saturated heterocycles. The summed E-state index contributed by atoms with van der Waals surface area (Å²) in [4.78, 5) is 13.4. The summed E-state index contributed by atoms with van der Waals surface area (Å²) in [7, 11) is 0. The van der Waals surface area contributed by atoms with Gasteiger partial charge in [-0.25, -0.2) is 0 Å². The lowest BCUT2D eigenvalue weighted by molar-refractivity contribution is -0.132. The average Bonchev–Trinajstić information content (AvgIpc) is 2.73. The Morgan fingerprint density at radius 1 is 1.59 bits per heavy atom. The summed E-state index contributed by atoms with van der Waals surface area (Å²) in [6, 6.07) is 7.60. The second-order valence-electron chi connectivity index (χ2n) is 4.39. The van der Waals surface area contributed by atoms with E-state index in [1.807, 2.05) is 31.2 Å². The number of aryl methyl sites for hydroxylation is 1. The number of β-amino-alcohol motifs (C(OH)–C–C–N with tert-alkyl or cyclic N) is 1. The summed E-state index contributed by atoms with van der Waals surface area (Å²) in [6.07, 6.45) is 0.286. The van der Waals surface area contributed by atoms with E-state index in [0.717, 1.165) is 5.56 Å². The van der Waals surface area contributed by atoms with E-state index in [1.165, 1.54) is 0 Å². The van der Waals surface area contributed by atoms with Gasteiger partial charge in [-0.2, -0.15) is 0 Å². The molecule has 1 aromatic carbocycles. The largest absolute Gasteiger partial charge is 0.484 e. The quantitative estimate of drug-likeness (QED) is 0.849. The predicted molar refractivity (Wildman–Crippen MR) is 63.9 cm³/mol. The minimum atomic E-state index is -0.377. The Balaban J connectivity index is 1.84. The fourth-order valence-corrected chi connectivity index (χ4v) is 1.91. The molecule has 1 aliphatic heterocycles. The molecule has 1 aromatic rings. The fraction of sp³-hybridized carbons (Fsp3) is 0.462. The maximum absolute atomic E-state index is 11.7. The summed E-state index contributed by atoms with van der Waals surface area (Å²) < 4.78 is 5.42. The first-order chi connectivity index (χ1) is 8.15. The maximum atomic E-state index is 11.7. The zero-order valence-corrected chi connectivity index (χ0v) is 9.93. The van der Waals surface area contributed by atoms with E-state index in [0.29, 0.717) is 25.3 Å². The smallest absolute Gasteiger partial charge is 0.260 e. The fourth-order valence-electron chi connectivity index (χ4n) is 1.91. The lowest BCUT2D eigenvalue weighted by Gasteiger charge is -2.15. The Labute approximate surface area is 101 Å². The van der Waals surface area contributed by atoms with Crippen LogP contribution in [0.1, 0.15) is 12.0 Å². The van der Waals surface area contributed by atoms with Gasteiger partial charge in [-0.1, -0.05) is 12.1 Å². The lowest BCUT2D eigenvalue weighted by atomic mass is 10.2. The number of aliphatic hydroxyl groups excluding tert-OH is 1. The number of rotatable bonds is 3. The van der Waals surface area contributed by atoms with Gasteiger partial charge in [0.15, 0.2) is 6.61 Å². The summed E-state index contributed by atoms with van der Waals surface area (Å²) >= 11 is 0. The predicted octanol–water partition coefficient (Wildman–Crippen LogP) is 0.967. The Morgan fingerprint density at radius 2 is 2.41 bits per heavy atom. The van der Waals surface area contributed by atoms with Crippen molar-refractivity contribution < 1.29 is 14.6 Å². The molecule has 1 heterocycles. The van der Waals surface area contributed by atoms with Gasteiger partial charge in [0.1, 0.15) is 5.75 Å². The molecule has 1 unspecified atom stereocenters. The molecule has 1 fully saturated rings. The van der Waals surface area contributed by atoms with Crippen LogP contribution in [0.4, 0.5) is 0 Å². The standard InChI is InChI=1S/C13H17NO3/c1-10-3-2-4-12(7-10)17-9-13(16)14-6-5-11(15)8-14/h2-4,7,11,15H,5-6,8-9H2,1H3. The van der Waals surface area contributed by atoms with E-state index in [9.17, 15) is 9.90 Å². The van der Waals surface area contributed by atoms with Crippen LogP contribution < -0.4 is 4.74 Å². The van der Waals surface area contributed by atoms with E-state index in [-0.39, 0.29) is 18.6 Å². The molecule has 1 atom stereocenters. The number of carbonyl (C=O) groups excluding carboxylic acids is 1. The molecule has 0 spiro atoms. The summed E-state index contributed by atoms with van der Waals surface area (Å²) in [6.45, 7) is 3.06. The number of carbonyl (C=O) groups is 1. The molecule has 1 aliphatic rings. The van der Waals surface area contributed by atoms with Crippen LogP contribution in [0.2, 0.25) is 0 Å². The normalized spacial score (nSPS) is 19.4. The highest BCUT2D eigenvalue weighted by molar-refractivity contribution is 5.78. The van der Waals surface area contributed by atoms with Crippen LogP contribution in [0.3, 0.4) is 0 Å². The molecule has 0 bridgehead atoms. The average molecular weight is 235 g/mol. The van der Waals surface area contributed by atoms with E-state index >= 15 is 0 Å². The Bertz CT molecular complexity index is 405. The van der Waals surface area contributed by atoms with Gasteiger partial charge in [0, 0.05) is 13.1 Å². The second-order valence-corrected chi connectivity index (χ2v) is 4.39. The van der Waals surface area contributed by atoms with E-state index in [2.05, 4.69) is 0 Å². The van der Waals surface area contributed by atoms with Crippen molar-refractivity contribution in [3.63, 3.8) is 0 Å². The zero-order valence-electron chi connectivity index (χ0n) is 9.93. The van der Waals surface area contributed by atoms with E-state index in [4.69, 9.17) is 4.74 Å². The highest BCUT2D eigenvalue weighted by Crippen LogP contribution is 2.13. The van der Waals surface area contributed by atoms with Gasteiger partial charge < -0.3 is 14.7 Å². The van der Waals surface area contributed by atoms with Crippen LogP contribution in [0, 0.1) is 6.92 Å². The van der Waals surface area contributed by atoms with Crippen molar-refractivity contribution in [3.05, 3.63) is 29.8 Å². The minimum Gasteiger partial charge on any atom is -0.484 e. The third-order valence-electron chi connectivity index (χ3n) is 2.87. The molecule has 0 saturated carbocycles. The van der Waals surface area contributed by atoms with Gasteiger partial charge >= 0.3 is 0 Å². The van der Waals surface area contributed by atoms with Gasteiger partial charge in [-0.05, 0) is 31.0 Å². The molecular weight excluding hydrogens is 218 g/mol. The monoisotopic (exact) mass is 235 g/mol. The first kappa shape index (κ1) is 11.9. The van der Waals surface area contributed by atoms with Crippen molar-refractivity contribution in [2.75, 3.05) is 19.7 Å². The van der Waals surface area contributed by atoms with Gasteiger partial charge in [0.05, 0.1) is 6.10 Å². The molecule has 0 aliphatic carbocycles. The van der Waals surface area contributed by atoms with Crippen LogP contribution in [-0.2, 0) is 4.79 Å². The Morgan fingerprint density at radius 3 is 3.06 bits per heavy atom. The van der Waals surface area contributed by atoms with Crippen molar-refractivity contribution >= 4 is 5.91 Å². The Kier molecular flexibility index (Phi) is 3.64. The topological polar surface area (TPSA) is 49.8 Å². The number of benzene rings is 1.